The van der Waals surface area contributed by atoms with Gasteiger partial charge in [-0.15, -0.1) is 0 Å². The summed E-state index contributed by atoms with van der Waals surface area (Å²) in [7, 11) is 1.26. The predicted molar refractivity (Wildman–Crippen MR) is 333 cm³/mol. The molecule has 0 spiro atoms. The number of hydrogen-bond donors (Lipinski definition) is 11. The van der Waals surface area contributed by atoms with Gasteiger partial charge in [-0.3, -0.25) is 53.1 Å². The Balaban J connectivity index is 1.26. The summed E-state index contributed by atoms with van der Waals surface area (Å²) in [4.78, 5) is 136. The van der Waals surface area contributed by atoms with Crippen LogP contribution in [0.4, 0.5) is 0 Å². The van der Waals surface area contributed by atoms with E-state index in [0.717, 1.165) is 21.2 Å². The van der Waals surface area contributed by atoms with E-state index in [2.05, 4.69) is 52.5 Å². The maximum atomic E-state index is 14.9. The molecule has 6 aromatic rings. The molecule has 4 aromatic carbocycles. The van der Waals surface area contributed by atoms with Crippen LogP contribution in [-0.4, -0.2) is 159 Å². The summed E-state index contributed by atoms with van der Waals surface area (Å²) in [5.74, 6) is -6.70. The number of halogens is 1. The SMILES string of the molecule is CC(=O)N[C@H](Cc1ccc2ccccc2c1)C(=O)N[C@H](Cc1ccc(Cl)cc1)C(=O)N[C@H](Cc1cccnc1)C(=O)N[C@@H](CO)C(=O)N(C)[C@@H](Cc1ccc(O)cc1)C(=O)N[C@H](CCCCNC(=O)c1cccnc1)C(=O)N[C@@H](CC(C)C)C(=O)NCCO. The lowest BCUT2D eigenvalue weighted by Gasteiger charge is -2.32. The molecule has 89 heavy (non-hydrogen) atoms. The molecule has 0 aliphatic heterocycles. The topological polar surface area (TPSA) is 340 Å². The minimum atomic E-state index is -1.76. The van der Waals surface area contributed by atoms with E-state index in [4.69, 9.17) is 11.6 Å². The summed E-state index contributed by atoms with van der Waals surface area (Å²) in [6.07, 6.45) is 6.21. The number of aliphatic hydroxyl groups excluding tert-OH is 2. The zero-order chi connectivity index (χ0) is 64.4. The lowest BCUT2D eigenvalue weighted by atomic mass is 9.99. The van der Waals surface area contributed by atoms with Crippen molar-refractivity contribution in [2.24, 2.45) is 5.92 Å². The molecule has 0 aliphatic carbocycles. The number of aromatic nitrogens is 2. The molecule has 2 aromatic heterocycles. The average molecular weight is 1240 g/mol. The highest BCUT2D eigenvalue weighted by atomic mass is 35.5. The van der Waals surface area contributed by atoms with Gasteiger partial charge in [0, 0.05) is 82.6 Å². The number of amides is 9. The van der Waals surface area contributed by atoms with Crippen molar-refractivity contribution < 1.29 is 58.5 Å². The van der Waals surface area contributed by atoms with Crippen molar-refractivity contribution >= 4 is 75.5 Å². The van der Waals surface area contributed by atoms with E-state index in [-0.39, 0.29) is 82.2 Å². The van der Waals surface area contributed by atoms with Gasteiger partial charge in [0.1, 0.15) is 48.0 Å². The first kappa shape index (κ1) is 68.8. The molecule has 9 amide bonds. The number of likely N-dealkylation sites (N-methyl/N-ethyl adjacent to an activating group) is 1. The Morgan fingerprint density at radius 1 is 0.528 bits per heavy atom. The number of carbonyl (C=O) groups is 9. The van der Waals surface area contributed by atoms with E-state index < -0.39 is 96.2 Å². The molecule has 0 unspecified atom stereocenters. The van der Waals surface area contributed by atoms with Crippen LogP contribution in [0.1, 0.15) is 79.1 Å². The number of unbranched alkanes of at least 4 members (excludes halogenated alkanes) is 1. The molecule has 24 heteroatoms. The van der Waals surface area contributed by atoms with Crippen LogP contribution in [-0.2, 0) is 64.0 Å². The summed E-state index contributed by atoms with van der Waals surface area (Å²) in [6.45, 7) is 3.71. The van der Waals surface area contributed by atoms with Gasteiger partial charge in [0.15, 0.2) is 0 Å². The molecule has 0 saturated carbocycles. The molecule has 472 valence electrons. The Labute approximate surface area is 521 Å². The van der Waals surface area contributed by atoms with Crippen LogP contribution in [0.25, 0.3) is 10.8 Å². The van der Waals surface area contributed by atoms with E-state index in [1.54, 1.807) is 48.5 Å². The first-order chi connectivity index (χ1) is 42.7. The minimum Gasteiger partial charge on any atom is -0.508 e. The van der Waals surface area contributed by atoms with Gasteiger partial charge in [-0.05, 0) is 107 Å². The normalized spacial score (nSPS) is 13.4. The smallest absolute Gasteiger partial charge is 0.252 e. The predicted octanol–water partition coefficient (Wildman–Crippen LogP) is 2.76. The van der Waals surface area contributed by atoms with E-state index >= 15 is 0 Å². The summed E-state index contributed by atoms with van der Waals surface area (Å²) >= 11 is 6.22. The van der Waals surface area contributed by atoms with E-state index in [1.807, 2.05) is 56.3 Å². The number of rotatable bonds is 33. The summed E-state index contributed by atoms with van der Waals surface area (Å²) in [6, 6.07) is 22.4. The van der Waals surface area contributed by atoms with Crippen LogP contribution in [0.15, 0.2) is 140 Å². The van der Waals surface area contributed by atoms with Crippen LogP contribution in [0, 0.1) is 5.92 Å². The highest BCUT2D eigenvalue weighted by Crippen LogP contribution is 2.20. The number of fused-ring (bicyclic) bond motifs is 1. The number of phenols is 1. The number of nitrogens with zero attached hydrogens (tertiary/aromatic N) is 3. The Hall–Kier alpha value is -9.32. The molecule has 2 heterocycles. The molecule has 0 radical (unpaired) electrons. The van der Waals surface area contributed by atoms with Crippen molar-refractivity contribution in [3.63, 3.8) is 0 Å². The fourth-order valence-corrected chi connectivity index (χ4v) is 9.96. The van der Waals surface area contributed by atoms with Gasteiger partial charge in [-0.2, -0.15) is 0 Å². The Morgan fingerprint density at radius 3 is 1.69 bits per heavy atom. The molecule has 0 fully saturated rings. The van der Waals surface area contributed by atoms with Crippen molar-refractivity contribution in [1.29, 1.82) is 0 Å². The Morgan fingerprint density at radius 2 is 1.08 bits per heavy atom. The molecule has 23 nitrogen and oxygen atoms in total. The maximum absolute atomic E-state index is 14.9. The second-order valence-corrected chi connectivity index (χ2v) is 22.4. The molecule has 0 aliphatic rings. The van der Waals surface area contributed by atoms with Crippen LogP contribution in [0.5, 0.6) is 5.75 Å². The van der Waals surface area contributed by atoms with Crippen molar-refractivity contribution in [2.75, 3.05) is 33.4 Å². The molecule has 0 saturated heterocycles. The fraction of sp³-hybridized carbons (Fsp3) is 0.369. The van der Waals surface area contributed by atoms with Crippen LogP contribution in [0.3, 0.4) is 0 Å². The highest BCUT2D eigenvalue weighted by Gasteiger charge is 2.37. The van der Waals surface area contributed by atoms with Crippen molar-refractivity contribution in [3.8, 4) is 5.75 Å². The van der Waals surface area contributed by atoms with E-state index in [1.165, 1.54) is 63.0 Å². The number of aromatic hydroxyl groups is 1. The second-order valence-electron chi connectivity index (χ2n) is 22.0. The molecule has 7 atom stereocenters. The molecule has 11 N–H and O–H groups in total. The zero-order valence-corrected chi connectivity index (χ0v) is 50.9. The number of phenolic OH excluding ortho intramolecular Hbond substituents is 1. The lowest BCUT2D eigenvalue weighted by Crippen LogP contribution is -2.61. The fourth-order valence-electron chi connectivity index (χ4n) is 9.84. The van der Waals surface area contributed by atoms with Gasteiger partial charge in [0.25, 0.3) is 5.91 Å². The lowest BCUT2D eigenvalue weighted by molar-refractivity contribution is -0.144. The van der Waals surface area contributed by atoms with Crippen molar-refractivity contribution in [3.05, 3.63) is 173 Å². The number of pyridine rings is 2. The quantitative estimate of drug-likeness (QED) is 0.0264. The number of benzene rings is 4. The number of nitrogens with one attached hydrogen (secondary N) is 8. The number of carbonyl (C=O) groups excluding carboxylic acids is 9. The molecular weight excluding hydrogens is 1160 g/mol. The number of hydrogen-bond acceptors (Lipinski definition) is 14. The summed E-state index contributed by atoms with van der Waals surface area (Å²) < 4.78 is 0. The summed E-state index contributed by atoms with van der Waals surface area (Å²) in [5.41, 5.74) is 2.55. The average Bonchev–Trinajstić information content (AvgIpc) is 2.22. The van der Waals surface area contributed by atoms with Crippen LogP contribution in [0.2, 0.25) is 5.02 Å². The molecular formula is C65H78ClN11O12. The molecule has 6 rings (SSSR count). The largest absolute Gasteiger partial charge is 0.508 e. The first-order valence-electron chi connectivity index (χ1n) is 29.3. The van der Waals surface area contributed by atoms with Gasteiger partial charge < -0.3 is 62.8 Å². The first-order valence-corrected chi connectivity index (χ1v) is 29.7. The third-order valence-electron chi connectivity index (χ3n) is 14.5. The van der Waals surface area contributed by atoms with Gasteiger partial charge >= 0.3 is 0 Å². The Bertz CT molecular complexity index is 3340. The third-order valence-corrected chi connectivity index (χ3v) is 14.8. The minimum absolute atomic E-state index is 0.0125. The standard InChI is InChI=1S/C65H78ClN11O12/c1-40(2)31-52(59(83)70-29-30-78)73-60(84)51(15-7-8-28-69-58(82)48-14-10-27-68-38-48)72-64(88)57(36-43-19-24-50(81)25-20-43)77(4)65(89)56(39-79)76-63(87)55(35-45-11-9-26-67-37-45)75-62(86)54(33-42-17-22-49(66)23-18-42)74-61(85)53(71-41(3)80)34-44-16-21-46-12-5-6-13-47(46)32-44/h5-6,9-14,16-27,32,37-38,40,51-57,78-79,81H,7-8,15,28-31,33-36,39H2,1-4H3,(H,69,82)(H,70,83)(H,71,80)(H,72,88)(H,73,84)(H,74,85)(H,75,86)(H,76,87)/t51-,52+,53-,54-,55-,56+,57+/m1/s1. The zero-order valence-electron chi connectivity index (χ0n) is 50.1. The monoisotopic (exact) mass is 1240 g/mol. The van der Waals surface area contributed by atoms with E-state index in [9.17, 15) is 58.5 Å². The van der Waals surface area contributed by atoms with Gasteiger partial charge in [-0.1, -0.05) is 98.2 Å². The highest BCUT2D eigenvalue weighted by molar-refractivity contribution is 6.30. The maximum Gasteiger partial charge on any atom is 0.252 e. The molecule has 0 bridgehead atoms. The third kappa shape index (κ3) is 22.1. The second kappa shape index (κ2) is 34.9. The van der Waals surface area contributed by atoms with Crippen molar-refractivity contribution in [2.45, 2.75) is 114 Å². The van der Waals surface area contributed by atoms with Crippen LogP contribution < -0.4 is 42.5 Å². The number of aliphatic hydroxyl groups is 2. The van der Waals surface area contributed by atoms with Crippen molar-refractivity contribution in [1.82, 2.24) is 57.4 Å². The van der Waals surface area contributed by atoms with Gasteiger partial charge in [0.05, 0.1) is 18.8 Å². The van der Waals surface area contributed by atoms with Crippen LogP contribution >= 0.6 is 11.6 Å². The van der Waals surface area contributed by atoms with Gasteiger partial charge in [0.2, 0.25) is 47.3 Å². The Kier molecular flexibility index (Phi) is 27.0. The van der Waals surface area contributed by atoms with E-state index in [0.29, 0.717) is 33.7 Å². The van der Waals surface area contributed by atoms with Gasteiger partial charge in [-0.25, -0.2) is 0 Å². The summed E-state index contributed by atoms with van der Waals surface area (Å²) in [5, 5.41) is 54.5.